The Bertz CT molecular complexity index is 1670. The van der Waals surface area contributed by atoms with E-state index in [1.54, 1.807) is 0 Å². The van der Waals surface area contributed by atoms with Crippen molar-refractivity contribution in [1.82, 2.24) is 9.80 Å². The average Bonchev–Trinajstić information content (AvgIpc) is 3.69. The molecule has 6 rings (SSSR count). The van der Waals surface area contributed by atoms with E-state index in [9.17, 15) is 16.8 Å². The molecule has 0 bridgehead atoms. The van der Waals surface area contributed by atoms with E-state index in [1.165, 1.54) is 108 Å². The maximum Gasteiger partial charge on any atom is 0.229 e. The van der Waals surface area contributed by atoms with Crippen molar-refractivity contribution in [3.05, 3.63) is 59.7 Å². The number of fused-ring (bicyclic) bond motifs is 2. The Morgan fingerprint density at radius 3 is 1.45 bits per heavy atom. The maximum absolute atomic E-state index is 11.6. The van der Waals surface area contributed by atoms with Crippen LogP contribution in [-0.4, -0.2) is 78.4 Å². The van der Waals surface area contributed by atoms with Gasteiger partial charge in [-0.2, -0.15) is 0 Å². The summed E-state index contributed by atoms with van der Waals surface area (Å²) < 4.78 is 44.6. The Balaban J connectivity index is 0.000000212. The van der Waals surface area contributed by atoms with Crippen LogP contribution in [-0.2, 0) is 29.9 Å². The van der Waals surface area contributed by atoms with Crippen LogP contribution in [0.25, 0.3) is 0 Å². The second-order valence-corrected chi connectivity index (χ2v) is 21.8. The number of unbranched alkanes of at least 4 members (excludes halogenated alkanes) is 6. The molecule has 11 heteroatoms. The van der Waals surface area contributed by atoms with Crippen LogP contribution >= 0.6 is 10.7 Å². The quantitative estimate of drug-likeness (QED) is 0.0995. The van der Waals surface area contributed by atoms with Crippen molar-refractivity contribution in [3.63, 3.8) is 0 Å². The van der Waals surface area contributed by atoms with Gasteiger partial charge in [0.1, 0.15) is 0 Å². The number of piperidine rings is 2. The van der Waals surface area contributed by atoms with Crippen molar-refractivity contribution >= 4 is 41.1 Å². The number of anilines is 2. The summed E-state index contributed by atoms with van der Waals surface area (Å²) in [6.07, 6.45) is 12.9. The number of nitrogens with one attached hydrogen (secondary N) is 1. The van der Waals surface area contributed by atoms with Gasteiger partial charge in [0, 0.05) is 59.1 Å². The van der Waals surface area contributed by atoms with Crippen molar-refractivity contribution in [2.75, 3.05) is 62.2 Å². The Morgan fingerprint density at radius 1 is 0.698 bits per heavy atom. The summed E-state index contributed by atoms with van der Waals surface area (Å²) >= 11 is 0. The zero-order valence-corrected chi connectivity index (χ0v) is 36.2. The predicted octanol–water partition coefficient (Wildman–Crippen LogP) is 8.58. The first-order valence-electron chi connectivity index (χ1n) is 20.2. The van der Waals surface area contributed by atoms with Crippen molar-refractivity contribution in [2.24, 2.45) is 35.5 Å². The topological polar surface area (TPSA) is 113 Å². The Morgan fingerprint density at radius 2 is 1.09 bits per heavy atom. The van der Waals surface area contributed by atoms with Gasteiger partial charge in [-0.1, -0.05) is 104 Å². The molecular formula is C42H69ClN4O4S2. The summed E-state index contributed by atoms with van der Waals surface area (Å²) in [5.74, 6) is 4.38. The minimum atomic E-state index is -3.24. The number of benzene rings is 2. The Labute approximate surface area is 327 Å². The highest BCUT2D eigenvalue weighted by Crippen LogP contribution is 2.68. The van der Waals surface area contributed by atoms with Gasteiger partial charge >= 0.3 is 0 Å². The van der Waals surface area contributed by atoms with E-state index in [1.807, 2.05) is 18.2 Å². The minimum absolute atomic E-state index is 0.217. The molecule has 2 heterocycles. The van der Waals surface area contributed by atoms with Crippen molar-refractivity contribution in [2.45, 2.75) is 104 Å². The molecule has 0 amide bonds. The molecule has 53 heavy (non-hydrogen) atoms. The number of rotatable bonds is 16. The van der Waals surface area contributed by atoms with Gasteiger partial charge in [-0.3, -0.25) is 4.72 Å². The summed E-state index contributed by atoms with van der Waals surface area (Å²) in [5, 5.41) is 0. The van der Waals surface area contributed by atoms with E-state index < -0.39 is 19.1 Å². The molecule has 8 nitrogen and oxygen atoms in total. The molecule has 4 aliphatic rings. The molecule has 2 aliphatic heterocycles. The van der Waals surface area contributed by atoms with Crippen LogP contribution in [0.1, 0.15) is 104 Å². The molecule has 300 valence electrons. The number of hydrogen-bond acceptors (Lipinski definition) is 7. The van der Waals surface area contributed by atoms with E-state index in [0.717, 1.165) is 23.8 Å². The van der Waals surface area contributed by atoms with Gasteiger partial charge in [0.05, 0.1) is 12.5 Å². The molecule has 2 saturated heterocycles. The van der Waals surface area contributed by atoms with Crippen LogP contribution in [0.5, 0.6) is 0 Å². The number of likely N-dealkylation sites (tertiary alicyclic amines) is 2. The molecule has 2 saturated carbocycles. The molecule has 0 spiro atoms. The van der Waals surface area contributed by atoms with Crippen LogP contribution in [0, 0.1) is 35.5 Å². The predicted molar refractivity (Wildman–Crippen MR) is 225 cm³/mol. The van der Waals surface area contributed by atoms with Crippen molar-refractivity contribution in [3.8, 4) is 0 Å². The first-order chi connectivity index (χ1) is 24.9. The summed E-state index contributed by atoms with van der Waals surface area (Å²) in [6.45, 7) is 21.5. The van der Waals surface area contributed by atoms with Crippen LogP contribution in [0.2, 0.25) is 0 Å². The number of halogens is 1. The molecule has 3 N–H and O–H groups in total. The second-order valence-electron chi connectivity index (χ2n) is 17.0. The summed E-state index contributed by atoms with van der Waals surface area (Å²) in [5.41, 5.74) is 11.1. The fraction of sp³-hybridized carbons (Fsp3) is 0.714. The molecule has 2 aliphatic carbocycles. The summed E-state index contributed by atoms with van der Waals surface area (Å²) in [4.78, 5) is 5.35. The van der Waals surface area contributed by atoms with E-state index in [0.29, 0.717) is 34.8 Å². The maximum atomic E-state index is 11.6. The normalized spacial score (nSPS) is 27.8. The van der Waals surface area contributed by atoms with E-state index in [2.05, 4.69) is 97.1 Å². The number of hydrogen-bond donors (Lipinski definition) is 2. The standard InChI is InChI=1S/C21H34N2O2S.C20H32N2.CH3ClO2S/c1-5-6-7-8-12-23-14-19-20(15-23)21(19,16(2)3)17-10-9-11-18(13-17)22-26(4,24)25;1-4-5-6-7-11-22-13-18-19(14-22)20(18,15(2)3)16-9-8-10-17(21)12-16;1-5(2,3)4/h9-11,13,16,19-20,22H,5-8,12,14-15H2,1-4H3;8-10,12,15,18-19H,4-7,11,13-14,21H2,1-3H3;1H3. The second kappa shape index (κ2) is 18.4. The van der Waals surface area contributed by atoms with E-state index >= 15 is 0 Å². The first kappa shape index (κ1) is 43.9. The first-order valence-corrected chi connectivity index (χ1v) is 24.8. The molecule has 4 fully saturated rings. The Hall–Kier alpha value is -1.85. The van der Waals surface area contributed by atoms with Crippen molar-refractivity contribution < 1.29 is 16.8 Å². The number of sulfonamides is 1. The lowest BCUT2D eigenvalue weighted by Gasteiger charge is -2.30. The van der Waals surface area contributed by atoms with Gasteiger partial charge in [-0.15, -0.1) is 0 Å². The number of nitrogens with zero attached hydrogens (tertiary/aromatic N) is 2. The molecule has 0 radical (unpaired) electrons. The Kier molecular flexibility index (Phi) is 15.2. The third-order valence-electron chi connectivity index (χ3n) is 12.6. The van der Waals surface area contributed by atoms with Gasteiger partial charge < -0.3 is 15.5 Å². The van der Waals surface area contributed by atoms with Gasteiger partial charge in [-0.25, -0.2) is 16.8 Å². The molecular weight excluding hydrogens is 724 g/mol. The van der Waals surface area contributed by atoms with Crippen LogP contribution in [0.4, 0.5) is 11.4 Å². The monoisotopic (exact) mass is 792 g/mol. The van der Waals surface area contributed by atoms with Gasteiger partial charge in [0.2, 0.25) is 19.1 Å². The lowest BCUT2D eigenvalue weighted by molar-refractivity contribution is 0.243. The zero-order chi connectivity index (χ0) is 39.2. The van der Waals surface area contributed by atoms with Crippen LogP contribution in [0.3, 0.4) is 0 Å². The summed E-state index contributed by atoms with van der Waals surface area (Å²) in [7, 11) is -1.93. The molecule has 2 aromatic rings. The van der Waals surface area contributed by atoms with Gasteiger partial charge in [0.15, 0.2) is 0 Å². The fourth-order valence-corrected chi connectivity index (χ4v) is 11.1. The van der Waals surface area contributed by atoms with Crippen LogP contribution < -0.4 is 10.5 Å². The molecule has 0 aromatic heterocycles. The largest absolute Gasteiger partial charge is 0.399 e. The highest BCUT2D eigenvalue weighted by atomic mass is 35.7. The van der Waals surface area contributed by atoms with Crippen molar-refractivity contribution in [1.29, 1.82) is 0 Å². The highest BCUT2D eigenvalue weighted by molar-refractivity contribution is 8.13. The molecule has 4 unspecified atom stereocenters. The molecule has 2 aromatic carbocycles. The number of nitrogens with two attached hydrogens (primary N) is 1. The zero-order valence-electron chi connectivity index (χ0n) is 33.8. The van der Waals surface area contributed by atoms with Gasteiger partial charge in [0.25, 0.3) is 0 Å². The number of nitrogen functional groups attached to an aromatic ring is 1. The lowest BCUT2D eigenvalue weighted by Crippen LogP contribution is -2.34. The van der Waals surface area contributed by atoms with Crippen LogP contribution in [0.15, 0.2) is 48.5 Å². The molecule has 4 atom stereocenters. The van der Waals surface area contributed by atoms with Gasteiger partial charge in [-0.05, 0) is 96.8 Å². The third-order valence-corrected chi connectivity index (χ3v) is 13.3. The lowest BCUT2D eigenvalue weighted by atomic mass is 9.80. The average molecular weight is 794 g/mol. The van der Waals surface area contributed by atoms with E-state index in [-0.39, 0.29) is 5.41 Å². The minimum Gasteiger partial charge on any atom is -0.399 e. The third kappa shape index (κ3) is 10.9. The smallest absolute Gasteiger partial charge is 0.229 e. The SMILES string of the molecule is CCCCCCN1CC2C(C1)C2(c1cccc(N)c1)C(C)C.CCCCCCN1CC2C(C1)C2(c1cccc(NS(C)(=O)=O)c1)C(C)C.CS(=O)(=O)Cl. The van der Waals surface area contributed by atoms with E-state index in [4.69, 9.17) is 5.73 Å². The summed E-state index contributed by atoms with van der Waals surface area (Å²) in [6, 6.07) is 16.8. The highest BCUT2D eigenvalue weighted by Gasteiger charge is 2.70. The fourth-order valence-electron chi connectivity index (χ4n) is 10.5.